The lowest BCUT2D eigenvalue weighted by molar-refractivity contribution is 0.0338. The number of carbonyl (C=O) groups is 1. The van der Waals surface area contributed by atoms with Gasteiger partial charge in [-0.25, -0.2) is 0 Å². The summed E-state index contributed by atoms with van der Waals surface area (Å²) >= 11 is 6.42. The molecule has 0 spiro atoms. The molecule has 5 nitrogen and oxygen atoms in total. The smallest absolute Gasteiger partial charge is 0.253 e. The second-order valence-electron chi connectivity index (χ2n) is 6.54. The van der Waals surface area contributed by atoms with Crippen LogP contribution >= 0.6 is 11.6 Å². The Morgan fingerprint density at radius 1 is 1.21 bits per heavy atom. The van der Waals surface area contributed by atoms with Crippen molar-refractivity contribution in [2.24, 2.45) is 0 Å². The molecule has 2 aliphatic rings. The number of ether oxygens (including phenoxy) is 1. The molecule has 0 aromatic heterocycles. The van der Waals surface area contributed by atoms with Gasteiger partial charge in [-0.05, 0) is 31.0 Å². The highest BCUT2D eigenvalue weighted by atomic mass is 35.5. The van der Waals surface area contributed by atoms with Crippen LogP contribution in [0.25, 0.3) is 0 Å². The van der Waals surface area contributed by atoms with E-state index in [1.807, 2.05) is 25.2 Å². The zero-order valence-electron chi connectivity index (χ0n) is 14.3. The first-order valence-electron chi connectivity index (χ1n) is 8.75. The molecule has 2 fully saturated rings. The van der Waals surface area contributed by atoms with Gasteiger partial charge in [-0.2, -0.15) is 0 Å². The minimum Gasteiger partial charge on any atom is -0.379 e. The Labute approximate surface area is 149 Å². The molecule has 2 aliphatic heterocycles. The van der Waals surface area contributed by atoms with Gasteiger partial charge in [0.15, 0.2) is 0 Å². The Balaban J connectivity index is 1.58. The van der Waals surface area contributed by atoms with Crippen molar-refractivity contribution in [1.82, 2.24) is 9.80 Å². The van der Waals surface area contributed by atoms with Gasteiger partial charge in [-0.3, -0.25) is 9.69 Å². The molecule has 132 valence electrons. The highest BCUT2D eigenvalue weighted by Gasteiger charge is 2.19. The first-order valence-corrected chi connectivity index (χ1v) is 9.13. The lowest BCUT2D eigenvalue weighted by Crippen LogP contribution is -2.41. The van der Waals surface area contributed by atoms with Gasteiger partial charge < -0.3 is 14.5 Å². The van der Waals surface area contributed by atoms with Gasteiger partial charge in [0.1, 0.15) is 0 Å². The normalized spacial score (nSPS) is 18.8. The average molecular weight is 352 g/mol. The van der Waals surface area contributed by atoms with Gasteiger partial charge in [0.05, 0.1) is 23.9 Å². The topological polar surface area (TPSA) is 36.0 Å². The lowest BCUT2D eigenvalue weighted by Gasteiger charge is -2.28. The van der Waals surface area contributed by atoms with E-state index in [0.29, 0.717) is 17.1 Å². The van der Waals surface area contributed by atoms with E-state index in [1.165, 1.54) is 12.8 Å². The molecule has 0 saturated carbocycles. The first-order chi connectivity index (χ1) is 11.6. The van der Waals surface area contributed by atoms with Gasteiger partial charge in [0, 0.05) is 51.9 Å². The summed E-state index contributed by atoms with van der Waals surface area (Å²) in [5.41, 5.74) is 1.70. The number of likely N-dealkylation sites (N-methyl/N-ethyl adjacent to an activating group) is 1. The average Bonchev–Trinajstić information content (AvgIpc) is 3.14. The third-order valence-corrected chi connectivity index (χ3v) is 5.15. The molecule has 0 atom stereocenters. The van der Waals surface area contributed by atoms with Crippen molar-refractivity contribution in [2.75, 3.05) is 64.4 Å². The molecule has 0 unspecified atom stereocenters. The molecular weight excluding hydrogens is 326 g/mol. The monoisotopic (exact) mass is 351 g/mol. The number of hydrogen-bond donors (Lipinski definition) is 0. The van der Waals surface area contributed by atoms with Crippen molar-refractivity contribution in [3.05, 3.63) is 28.8 Å². The molecular formula is C18H26ClN3O2. The van der Waals surface area contributed by atoms with Crippen LogP contribution in [0, 0.1) is 0 Å². The van der Waals surface area contributed by atoms with Crippen molar-refractivity contribution in [3.8, 4) is 0 Å². The summed E-state index contributed by atoms with van der Waals surface area (Å²) in [4.78, 5) is 19.0. The molecule has 2 heterocycles. The fraction of sp³-hybridized carbons (Fsp3) is 0.611. The van der Waals surface area contributed by atoms with Crippen molar-refractivity contribution in [3.63, 3.8) is 0 Å². The van der Waals surface area contributed by atoms with E-state index in [1.54, 1.807) is 4.90 Å². The number of hydrogen-bond acceptors (Lipinski definition) is 4. The summed E-state index contributed by atoms with van der Waals surface area (Å²) in [7, 11) is 1.85. The van der Waals surface area contributed by atoms with Crippen LogP contribution in [0.3, 0.4) is 0 Å². The van der Waals surface area contributed by atoms with Gasteiger partial charge in [0.2, 0.25) is 0 Å². The quantitative estimate of drug-likeness (QED) is 0.816. The van der Waals surface area contributed by atoms with E-state index in [0.717, 1.165) is 51.6 Å². The number of amides is 1. The highest BCUT2D eigenvalue weighted by molar-refractivity contribution is 6.33. The van der Waals surface area contributed by atoms with Crippen molar-refractivity contribution < 1.29 is 9.53 Å². The Kier molecular flexibility index (Phi) is 5.98. The first kappa shape index (κ1) is 17.5. The van der Waals surface area contributed by atoms with E-state index in [-0.39, 0.29) is 5.91 Å². The number of carbonyl (C=O) groups excluding carboxylic acids is 1. The highest BCUT2D eigenvalue weighted by Crippen LogP contribution is 2.29. The second kappa shape index (κ2) is 8.19. The number of nitrogens with zero attached hydrogens (tertiary/aromatic N) is 3. The predicted molar refractivity (Wildman–Crippen MR) is 97.1 cm³/mol. The maximum absolute atomic E-state index is 12.6. The largest absolute Gasteiger partial charge is 0.379 e. The van der Waals surface area contributed by atoms with E-state index in [9.17, 15) is 4.79 Å². The van der Waals surface area contributed by atoms with E-state index < -0.39 is 0 Å². The summed E-state index contributed by atoms with van der Waals surface area (Å²) in [5.74, 6) is 0.0260. The third kappa shape index (κ3) is 4.21. The number of rotatable bonds is 5. The van der Waals surface area contributed by atoms with E-state index >= 15 is 0 Å². The van der Waals surface area contributed by atoms with Crippen LogP contribution in [-0.2, 0) is 4.74 Å². The summed E-state index contributed by atoms with van der Waals surface area (Å²) in [6.07, 6.45) is 2.42. The van der Waals surface area contributed by atoms with E-state index in [2.05, 4.69) is 9.80 Å². The molecule has 0 N–H and O–H groups in total. The molecule has 1 amide bonds. The Hall–Kier alpha value is -1.30. The van der Waals surface area contributed by atoms with Crippen LogP contribution in [0.5, 0.6) is 0 Å². The van der Waals surface area contributed by atoms with Crippen LogP contribution in [0.4, 0.5) is 5.69 Å². The molecule has 0 radical (unpaired) electrons. The minimum absolute atomic E-state index is 0.0260. The van der Waals surface area contributed by atoms with Crippen LogP contribution in [0.15, 0.2) is 18.2 Å². The Morgan fingerprint density at radius 3 is 2.58 bits per heavy atom. The summed E-state index contributed by atoms with van der Waals surface area (Å²) in [5, 5.41) is 0.671. The third-order valence-electron chi connectivity index (χ3n) is 4.84. The zero-order valence-corrected chi connectivity index (χ0v) is 15.1. The molecule has 1 aromatic carbocycles. The Morgan fingerprint density at radius 2 is 1.92 bits per heavy atom. The summed E-state index contributed by atoms with van der Waals surface area (Å²) in [6, 6.07) is 5.69. The van der Waals surface area contributed by atoms with Crippen molar-refractivity contribution >= 4 is 23.2 Å². The standard InChI is InChI=1S/C18H26ClN3O2/c1-20(8-9-21-10-12-24-13-11-21)18(23)15-4-5-17(16(19)14-15)22-6-2-3-7-22/h4-5,14H,2-3,6-13H2,1H3. The Bertz CT molecular complexity index is 569. The SMILES string of the molecule is CN(CCN1CCOCC1)C(=O)c1ccc(N2CCCC2)c(Cl)c1. The predicted octanol–water partition coefficient (Wildman–Crippen LogP) is 2.34. The number of morpholine rings is 1. The summed E-state index contributed by atoms with van der Waals surface area (Å²) < 4.78 is 5.35. The van der Waals surface area contributed by atoms with Crippen LogP contribution in [0.1, 0.15) is 23.2 Å². The molecule has 2 saturated heterocycles. The maximum Gasteiger partial charge on any atom is 0.253 e. The maximum atomic E-state index is 12.6. The molecule has 24 heavy (non-hydrogen) atoms. The molecule has 0 bridgehead atoms. The van der Waals surface area contributed by atoms with Crippen LogP contribution in [0.2, 0.25) is 5.02 Å². The molecule has 6 heteroatoms. The van der Waals surface area contributed by atoms with Crippen molar-refractivity contribution in [2.45, 2.75) is 12.8 Å². The van der Waals surface area contributed by atoms with Crippen LogP contribution in [-0.4, -0.2) is 75.2 Å². The number of halogens is 1. The fourth-order valence-electron chi connectivity index (χ4n) is 3.29. The van der Waals surface area contributed by atoms with E-state index in [4.69, 9.17) is 16.3 Å². The lowest BCUT2D eigenvalue weighted by atomic mass is 10.1. The van der Waals surface area contributed by atoms with Gasteiger partial charge in [-0.1, -0.05) is 11.6 Å². The molecule has 1 aromatic rings. The number of anilines is 1. The van der Waals surface area contributed by atoms with Gasteiger partial charge >= 0.3 is 0 Å². The summed E-state index contributed by atoms with van der Waals surface area (Å²) in [6.45, 7) is 7.14. The van der Waals surface area contributed by atoms with Crippen molar-refractivity contribution in [1.29, 1.82) is 0 Å². The second-order valence-corrected chi connectivity index (χ2v) is 6.95. The molecule has 0 aliphatic carbocycles. The van der Waals surface area contributed by atoms with Crippen LogP contribution < -0.4 is 4.90 Å². The zero-order chi connectivity index (χ0) is 16.9. The fourth-order valence-corrected chi connectivity index (χ4v) is 3.59. The number of benzene rings is 1. The molecule has 3 rings (SSSR count). The van der Waals surface area contributed by atoms with Gasteiger partial charge in [0.25, 0.3) is 5.91 Å². The van der Waals surface area contributed by atoms with Gasteiger partial charge in [-0.15, -0.1) is 0 Å². The minimum atomic E-state index is 0.0260.